The van der Waals surface area contributed by atoms with E-state index in [1.165, 1.54) is 5.56 Å². The molecular weight excluding hydrogens is 450 g/mol. The number of hydrogen-bond acceptors (Lipinski definition) is 4. The predicted molar refractivity (Wildman–Crippen MR) is 143 cm³/mol. The molecule has 0 spiro atoms. The molecule has 0 aromatic heterocycles. The summed E-state index contributed by atoms with van der Waals surface area (Å²) in [5.41, 5.74) is 3.30. The lowest BCUT2D eigenvalue weighted by Gasteiger charge is -2.19. The zero-order valence-corrected chi connectivity index (χ0v) is 21.1. The molecule has 5 nitrogen and oxygen atoms in total. The van der Waals surface area contributed by atoms with Crippen LogP contribution in [0.25, 0.3) is 0 Å². The monoisotopic (exact) mass is 481 g/mol. The number of methoxy groups -OCH3 is 1. The number of para-hydroxylation sites is 1. The smallest absolute Gasteiger partial charge is 0.255 e. The van der Waals surface area contributed by atoms with Gasteiger partial charge in [0.05, 0.1) is 7.11 Å². The molecule has 0 atom stereocenters. The lowest BCUT2D eigenvalue weighted by atomic mass is 9.87. The Hall–Kier alpha value is -4.25. The van der Waals surface area contributed by atoms with Gasteiger partial charge >= 0.3 is 0 Å². The first-order chi connectivity index (χ1) is 17.3. The minimum atomic E-state index is -0.217. The Kier molecular flexibility index (Phi) is 7.59. The third kappa shape index (κ3) is 6.45. The molecule has 1 amide bonds. The number of nitrogens with one attached hydrogen (secondary N) is 1. The van der Waals surface area contributed by atoms with Crippen LogP contribution in [0.5, 0.6) is 23.0 Å². The number of benzene rings is 4. The van der Waals surface area contributed by atoms with Crippen LogP contribution in [0, 0.1) is 0 Å². The Morgan fingerprint density at radius 2 is 1.42 bits per heavy atom. The molecule has 0 unspecified atom stereocenters. The number of carbonyl (C=O) groups excluding carboxylic acids is 1. The van der Waals surface area contributed by atoms with E-state index in [4.69, 9.17) is 14.2 Å². The summed E-state index contributed by atoms with van der Waals surface area (Å²) in [6.45, 7) is 6.82. The van der Waals surface area contributed by atoms with Crippen LogP contribution in [0.15, 0.2) is 97.1 Å². The third-order valence-corrected chi connectivity index (χ3v) is 5.75. The highest BCUT2D eigenvalue weighted by atomic mass is 16.5. The third-order valence-electron chi connectivity index (χ3n) is 5.75. The number of hydrogen-bond donors (Lipinski definition) is 1. The van der Waals surface area contributed by atoms with Crippen LogP contribution >= 0.6 is 0 Å². The Morgan fingerprint density at radius 1 is 0.778 bits per heavy atom. The molecule has 0 bridgehead atoms. The molecule has 1 N–H and O–H groups in total. The maximum Gasteiger partial charge on any atom is 0.255 e. The first-order valence-electron chi connectivity index (χ1n) is 11.9. The summed E-state index contributed by atoms with van der Waals surface area (Å²) in [6.07, 6.45) is 0. The van der Waals surface area contributed by atoms with Gasteiger partial charge in [0.2, 0.25) is 0 Å². The predicted octanol–water partition coefficient (Wildman–Crippen LogP) is 7.62. The second kappa shape index (κ2) is 11.0. The van der Waals surface area contributed by atoms with E-state index in [1.54, 1.807) is 25.3 Å². The largest absolute Gasteiger partial charge is 0.496 e. The van der Waals surface area contributed by atoms with Crippen LogP contribution in [0.4, 0.5) is 5.69 Å². The highest BCUT2D eigenvalue weighted by Crippen LogP contribution is 2.27. The highest BCUT2D eigenvalue weighted by molar-refractivity contribution is 6.04. The summed E-state index contributed by atoms with van der Waals surface area (Å²) in [4.78, 5) is 12.9. The van der Waals surface area contributed by atoms with Gasteiger partial charge in [0.25, 0.3) is 5.91 Å². The van der Waals surface area contributed by atoms with Gasteiger partial charge in [-0.05, 0) is 77.7 Å². The van der Waals surface area contributed by atoms with Gasteiger partial charge in [0, 0.05) is 16.8 Å². The molecule has 4 aromatic rings. The molecule has 4 aromatic carbocycles. The van der Waals surface area contributed by atoms with Crippen LogP contribution in [0.3, 0.4) is 0 Å². The summed E-state index contributed by atoms with van der Waals surface area (Å²) in [7, 11) is 1.61. The lowest BCUT2D eigenvalue weighted by molar-refractivity contribution is 0.102. The van der Waals surface area contributed by atoms with Crippen molar-refractivity contribution in [2.24, 2.45) is 0 Å². The number of carbonyl (C=O) groups is 1. The standard InChI is InChI=1S/C31H31NO4/c1-31(2,3)24-11-15-26(16-12-24)35-21-23-20-22(10-19-29(23)34-4)30(33)32-25-13-17-28(18-14-25)36-27-8-6-5-7-9-27/h5-20H,21H2,1-4H3,(H,32,33). The van der Waals surface area contributed by atoms with Crippen molar-refractivity contribution in [3.8, 4) is 23.0 Å². The normalized spacial score (nSPS) is 11.0. The van der Waals surface area contributed by atoms with Crippen molar-refractivity contribution < 1.29 is 19.0 Å². The van der Waals surface area contributed by atoms with Gasteiger partial charge in [0.1, 0.15) is 29.6 Å². The summed E-state index contributed by atoms with van der Waals surface area (Å²) >= 11 is 0. The van der Waals surface area contributed by atoms with Crippen molar-refractivity contribution in [3.05, 3.63) is 114 Å². The van der Waals surface area contributed by atoms with Crippen molar-refractivity contribution in [2.75, 3.05) is 12.4 Å². The van der Waals surface area contributed by atoms with Gasteiger partial charge in [-0.2, -0.15) is 0 Å². The molecule has 0 aliphatic carbocycles. The Balaban J connectivity index is 1.41. The maximum absolute atomic E-state index is 12.9. The zero-order valence-electron chi connectivity index (χ0n) is 21.1. The average molecular weight is 482 g/mol. The van der Waals surface area contributed by atoms with E-state index in [0.717, 1.165) is 17.1 Å². The lowest BCUT2D eigenvalue weighted by Crippen LogP contribution is -2.13. The van der Waals surface area contributed by atoms with E-state index in [2.05, 4.69) is 38.2 Å². The number of rotatable bonds is 8. The molecule has 4 rings (SSSR count). The second-order valence-electron chi connectivity index (χ2n) is 9.48. The first kappa shape index (κ1) is 24.9. The molecule has 0 fully saturated rings. The summed E-state index contributed by atoms with van der Waals surface area (Å²) in [5.74, 6) is 2.66. The van der Waals surface area contributed by atoms with E-state index in [1.807, 2.05) is 66.7 Å². The van der Waals surface area contributed by atoms with Crippen molar-refractivity contribution in [1.82, 2.24) is 0 Å². The molecule has 36 heavy (non-hydrogen) atoms. The quantitative estimate of drug-likeness (QED) is 0.281. The number of anilines is 1. The van der Waals surface area contributed by atoms with Gasteiger partial charge in [-0.1, -0.05) is 51.1 Å². The van der Waals surface area contributed by atoms with E-state index >= 15 is 0 Å². The number of amides is 1. The van der Waals surface area contributed by atoms with Gasteiger partial charge < -0.3 is 19.5 Å². The van der Waals surface area contributed by atoms with Gasteiger partial charge in [0.15, 0.2) is 0 Å². The molecule has 0 saturated carbocycles. The fraction of sp³-hybridized carbons (Fsp3) is 0.194. The topological polar surface area (TPSA) is 56.8 Å². The summed E-state index contributed by atoms with van der Waals surface area (Å²) in [5, 5.41) is 2.93. The zero-order chi connectivity index (χ0) is 25.5. The highest BCUT2D eigenvalue weighted by Gasteiger charge is 2.14. The summed E-state index contributed by atoms with van der Waals surface area (Å²) < 4.78 is 17.3. The van der Waals surface area contributed by atoms with Crippen LogP contribution in [0.2, 0.25) is 0 Å². The van der Waals surface area contributed by atoms with Crippen LogP contribution in [-0.4, -0.2) is 13.0 Å². The van der Waals surface area contributed by atoms with E-state index in [0.29, 0.717) is 22.7 Å². The fourth-order valence-corrected chi connectivity index (χ4v) is 3.68. The average Bonchev–Trinajstić information content (AvgIpc) is 2.88. The Bertz CT molecular complexity index is 1290. The van der Waals surface area contributed by atoms with Crippen molar-refractivity contribution in [3.63, 3.8) is 0 Å². The molecule has 0 heterocycles. The fourth-order valence-electron chi connectivity index (χ4n) is 3.68. The van der Waals surface area contributed by atoms with Crippen LogP contribution < -0.4 is 19.5 Å². The first-order valence-corrected chi connectivity index (χ1v) is 11.9. The van der Waals surface area contributed by atoms with E-state index < -0.39 is 0 Å². The van der Waals surface area contributed by atoms with Crippen molar-refractivity contribution in [1.29, 1.82) is 0 Å². The van der Waals surface area contributed by atoms with Crippen LogP contribution in [-0.2, 0) is 12.0 Å². The molecule has 0 saturated heterocycles. The number of ether oxygens (including phenoxy) is 3. The molecule has 0 aliphatic heterocycles. The molecular formula is C31H31NO4. The van der Waals surface area contributed by atoms with Crippen LogP contribution in [0.1, 0.15) is 42.3 Å². The second-order valence-corrected chi connectivity index (χ2v) is 9.48. The van der Waals surface area contributed by atoms with Gasteiger partial charge in [-0.25, -0.2) is 0 Å². The SMILES string of the molecule is COc1ccc(C(=O)Nc2ccc(Oc3ccccc3)cc2)cc1COc1ccc(C(C)(C)C)cc1. The minimum absolute atomic E-state index is 0.0820. The molecule has 5 heteroatoms. The van der Waals surface area contributed by atoms with Crippen molar-refractivity contribution >= 4 is 11.6 Å². The molecule has 0 aliphatic rings. The summed E-state index contributed by atoms with van der Waals surface area (Å²) in [6, 6.07) is 30.2. The van der Waals surface area contributed by atoms with E-state index in [-0.39, 0.29) is 17.9 Å². The van der Waals surface area contributed by atoms with Gasteiger partial charge in [-0.3, -0.25) is 4.79 Å². The molecule has 0 radical (unpaired) electrons. The van der Waals surface area contributed by atoms with Gasteiger partial charge in [-0.15, -0.1) is 0 Å². The molecule has 184 valence electrons. The Morgan fingerprint density at radius 3 is 2.06 bits per heavy atom. The van der Waals surface area contributed by atoms with E-state index in [9.17, 15) is 4.79 Å². The Labute approximate surface area is 212 Å². The maximum atomic E-state index is 12.9. The van der Waals surface area contributed by atoms with Crippen molar-refractivity contribution in [2.45, 2.75) is 32.8 Å². The minimum Gasteiger partial charge on any atom is -0.496 e.